The molecule has 2 aromatic rings. The van der Waals surface area contributed by atoms with Gasteiger partial charge in [-0.3, -0.25) is 0 Å². The SMILES string of the molecule is CCCCCCC(C)(C)c1ccc([C@H]2CCC[C@H](O)C2)c(OCc2ccccc2)c1. The molecule has 164 valence electrons. The summed E-state index contributed by atoms with van der Waals surface area (Å²) in [5.41, 5.74) is 3.97. The summed E-state index contributed by atoms with van der Waals surface area (Å²) in [4.78, 5) is 0. The van der Waals surface area contributed by atoms with E-state index in [1.807, 2.05) is 6.07 Å². The quantitative estimate of drug-likeness (QED) is 0.412. The summed E-state index contributed by atoms with van der Waals surface area (Å²) >= 11 is 0. The lowest BCUT2D eigenvalue weighted by Gasteiger charge is -2.30. The minimum atomic E-state index is -0.180. The minimum absolute atomic E-state index is 0.142. The van der Waals surface area contributed by atoms with E-state index in [0.29, 0.717) is 12.5 Å². The second kappa shape index (κ2) is 11.0. The van der Waals surface area contributed by atoms with Gasteiger partial charge in [-0.25, -0.2) is 0 Å². The third kappa shape index (κ3) is 6.35. The Hall–Kier alpha value is -1.80. The van der Waals surface area contributed by atoms with Crippen molar-refractivity contribution in [3.05, 3.63) is 65.2 Å². The molecule has 1 fully saturated rings. The maximum atomic E-state index is 10.2. The van der Waals surface area contributed by atoms with Crippen LogP contribution in [0.2, 0.25) is 0 Å². The average Bonchev–Trinajstić information content (AvgIpc) is 2.76. The highest BCUT2D eigenvalue weighted by atomic mass is 16.5. The van der Waals surface area contributed by atoms with Gasteiger partial charge in [0.2, 0.25) is 0 Å². The van der Waals surface area contributed by atoms with Gasteiger partial charge in [0.1, 0.15) is 12.4 Å². The Morgan fingerprint density at radius 3 is 2.53 bits per heavy atom. The summed E-state index contributed by atoms with van der Waals surface area (Å²) in [6, 6.07) is 17.3. The van der Waals surface area contributed by atoms with Gasteiger partial charge < -0.3 is 9.84 Å². The Bertz CT molecular complexity index is 765. The molecule has 0 heterocycles. The van der Waals surface area contributed by atoms with Crippen molar-refractivity contribution in [1.29, 1.82) is 0 Å². The summed E-state index contributed by atoms with van der Waals surface area (Å²) in [5, 5.41) is 10.2. The van der Waals surface area contributed by atoms with Crippen LogP contribution in [0.25, 0.3) is 0 Å². The molecule has 0 spiro atoms. The third-order valence-electron chi connectivity index (χ3n) is 6.77. The molecule has 0 bridgehead atoms. The van der Waals surface area contributed by atoms with E-state index in [1.54, 1.807) is 0 Å². The number of hydrogen-bond acceptors (Lipinski definition) is 2. The molecule has 0 radical (unpaired) electrons. The lowest BCUT2D eigenvalue weighted by atomic mass is 9.77. The van der Waals surface area contributed by atoms with Crippen LogP contribution in [-0.4, -0.2) is 11.2 Å². The van der Waals surface area contributed by atoms with E-state index in [9.17, 15) is 5.11 Å². The van der Waals surface area contributed by atoms with Gasteiger partial charge in [0.25, 0.3) is 0 Å². The topological polar surface area (TPSA) is 29.5 Å². The zero-order valence-corrected chi connectivity index (χ0v) is 19.2. The monoisotopic (exact) mass is 408 g/mol. The van der Waals surface area contributed by atoms with Crippen LogP contribution < -0.4 is 4.74 Å². The van der Waals surface area contributed by atoms with Crippen LogP contribution in [0.5, 0.6) is 5.75 Å². The van der Waals surface area contributed by atoms with Crippen molar-refractivity contribution in [2.75, 3.05) is 0 Å². The number of ether oxygens (including phenoxy) is 1. The normalized spacial score (nSPS) is 19.6. The van der Waals surface area contributed by atoms with E-state index >= 15 is 0 Å². The summed E-state index contributed by atoms with van der Waals surface area (Å²) in [6.07, 6.45) is 10.2. The van der Waals surface area contributed by atoms with E-state index in [-0.39, 0.29) is 11.5 Å². The zero-order valence-electron chi connectivity index (χ0n) is 19.2. The number of aliphatic hydroxyl groups is 1. The Labute approximate surface area is 183 Å². The Kier molecular flexibility index (Phi) is 8.39. The zero-order chi connectivity index (χ0) is 21.4. The molecule has 0 aromatic heterocycles. The van der Waals surface area contributed by atoms with Gasteiger partial charge >= 0.3 is 0 Å². The van der Waals surface area contributed by atoms with Gasteiger partial charge in [-0.1, -0.05) is 95.3 Å². The molecule has 0 aliphatic heterocycles. The highest BCUT2D eigenvalue weighted by molar-refractivity contribution is 5.43. The maximum Gasteiger partial charge on any atom is 0.123 e. The molecular weight excluding hydrogens is 368 g/mol. The lowest BCUT2D eigenvalue weighted by Crippen LogP contribution is -2.20. The summed E-state index contributed by atoms with van der Waals surface area (Å²) in [5.74, 6) is 1.40. The largest absolute Gasteiger partial charge is 0.489 e. The van der Waals surface area contributed by atoms with Crippen molar-refractivity contribution in [2.24, 2.45) is 0 Å². The second-order valence-electron chi connectivity index (χ2n) is 9.74. The molecule has 30 heavy (non-hydrogen) atoms. The van der Waals surface area contributed by atoms with Crippen LogP contribution in [0.15, 0.2) is 48.5 Å². The van der Waals surface area contributed by atoms with Gasteiger partial charge in [-0.05, 0) is 59.8 Å². The molecule has 1 aliphatic carbocycles. The predicted octanol–water partition coefficient (Wildman–Crippen LogP) is 7.53. The van der Waals surface area contributed by atoms with Crippen molar-refractivity contribution >= 4 is 0 Å². The van der Waals surface area contributed by atoms with Gasteiger partial charge in [-0.2, -0.15) is 0 Å². The standard InChI is InChI=1S/C28H40O2/c1-4-5-6-10-18-28(2,3)24-16-17-26(23-14-11-15-25(29)19-23)27(20-24)30-21-22-12-8-7-9-13-22/h7-9,12-13,16-17,20,23,25,29H,4-6,10-11,14-15,18-19,21H2,1-3H3/t23-,25-/m0/s1. The highest BCUT2D eigenvalue weighted by Gasteiger charge is 2.27. The fourth-order valence-electron chi connectivity index (χ4n) is 4.74. The van der Waals surface area contributed by atoms with Crippen LogP contribution in [0.4, 0.5) is 0 Å². The molecule has 1 aliphatic rings. The van der Waals surface area contributed by atoms with Gasteiger partial charge in [-0.15, -0.1) is 0 Å². The summed E-state index contributed by atoms with van der Waals surface area (Å²) in [6.45, 7) is 7.57. The lowest BCUT2D eigenvalue weighted by molar-refractivity contribution is 0.118. The molecule has 2 heteroatoms. The van der Waals surface area contributed by atoms with Crippen LogP contribution in [0, 0.1) is 0 Å². The first kappa shape index (κ1) is 22.9. The van der Waals surface area contributed by atoms with Gasteiger partial charge in [0, 0.05) is 0 Å². The highest BCUT2D eigenvalue weighted by Crippen LogP contribution is 2.41. The molecule has 0 saturated heterocycles. The second-order valence-corrected chi connectivity index (χ2v) is 9.74. The van der Waals surface area contributed by atoms with Crippen molar-refractivity contribution < 1.29 is 9.84 Å². The average molecular weight is 409 g/mol. The van der Waals surface area contributed by atoms with E-state index in [1.165, 1.54) is 48.8 Å². The fourth-order valence-corrected chi connectivity index (χ4v) is 4.74. The van der Waals surface area contributed by atoms with E-state index in [0.717, 1.165) is 31.4 Å². The van der Waals surface area contributed by atoms with Crippen LogP contribution >= 0.6 is 0 Å². The molecule has 3 rings (SSSR count). The van der Waals surface area contributed by atoms with E-state index in [4.69, 9.17) is 4.74 Å². The smallest absolute Gasteiger partial charge is 0.123 e. The molecular formula is C28H40O2. The first-order valence-electron chi connectivity index (χ1n) is 12.0. The Balaban J connectivity index is 1.81. The summed E-state index contributed by atoms with van der Waals surface area (Å²) in [7, 11) is 0. The predicted molar refractivity (Wildman–Crippen MR) is 126 cm³/mol. The van der Waals surface area contributed by atoms with Crippen LogP contribution in [-0.2, 0) is 12.0 Å². The number of benzene rings is 2. The van der Waals surface area contributed by atoms with E-state index < -0.39 is 0 Å². The molecule has 1 N–H and O–H groups in total. The molecule has 0 unspecified atom stereocenters. The summed E-state index contributed by atoms with van der Waals surface area (Å²) < 4.78 is 6.41. The molecule has 2 atom stereocenters. The molecule has 2 nitrogen and oxygen atoms in total. The van der Waals surface area contributed by atoms with Crippen molar-refractivity contribution in [3.8, 4) is 5.75 Å². The van der Waals surface area contributed by atoms with Crippen molar-refractivity contribution in [1.82, 2.24) is 0 Å². The number of aliphatic hydroxyl groups excluding tert-OH is 1. The fraction of sp³-hybridized carbons (Fsp3) is 0.571. The number of hydrogen-bond donors (Lipinski definition) is 1. The first-order valence-corrected chi connectivity index (χ1v) is 12.0. The number of rotatable bonds is 10. The molecule has 2 aromatic carbocycles. The Morgan fingerprint density at radius 2 is 1.80 bits per heavy atom. The first-order chi connectivity index (χ1) is 14.5. The molecule has 0 amide bonds. The Morgan fingerprint density at radius 1 is 1.00 bits per heavy atom. The third-order valence-corrected chi connectivity index (χ3v) is 6.77. The maximum absolute atomic E-state index is 10.2. The van der Waals surface area contributed by atoms with Gasteiger partial charge in [0.15, 0.2) is 0 Å². The van der Waals surface area contributed by atoms with Crippen molar-refractivity contribution in [3.63, 3.8) is 0 Å². The number of unbranched alkanes of at least 4 members (excludes halogenated alkanes) is 3. The molecule has 1 saturated carbocycles. The van der Waals surface area contributed by atoms with E-state index in [2.05, 4.69) is 63.2 Å². The minimum Gasteiger partial charge on any atom is -0.489 e. The van der Waals surface area contributed by atoms with Crippen LogP contribution in [0.3, 0.4) is 0 Å². The van der Waals surface area contributed by atoms with Crippen LogP contribution in [0.1, 0.15) is 101 Å². The van der Waals surface area contributed by atoms with Gasteiger partial charge in [0.05, 0.1) is 6.10 Å². The van der Waals surface area contributed by atoms with Crippen molar-refractivity contribution in [2.45, 2.75) is 103 Å².